The van der Waals surface area contributed by atoms with Crippen LogP contribution in [0.2, 0.25) is 0 Å². The summed E-state index contributed by atoms with van der Waals surface area (Å²) >= 11 is 0. The fraction of sp³-hybridized carbons (Fsp3) is 0.467. The van der Waals surface area contributed by atoms with Crippen LogP contribution in [-0.4, -0.2) is 29.6 Å². The van der Waals surface area contributed by atoms with Crippen LogP contribution in [0, 0.1) is 0 Å². The molecule has 1 amide bonds. The van der Waals surface area contributed by atoms with Crippen molar-refractivity contribution in [3.8, 4) is 5.75 Å². The maximum atomic E-state index is 12.3. The summed E-state index contributed by atoms with van der Waals surface area (Å²) in [6, 6.07) is 6.78. The van der Waals surface area contributed by atoms with Crippen LogP contribution < -0.4 is 10.1 Å². The van der Waals surface area contributed by atoms with Gasteiger partial charge in [-0.1, -0.05) is 19.9 Å². The third-order valence-electron chi connectivity index (χ3n) is 3.55. The molecule has 0 aliphatic rings. The van der Waals surface area contributed by atoms with E-state index in [1.165, 1.54) is 7.11 Å². The van der Waals surface area contributed by atoms with Gasteiger partial charge in [0.1, 0.15) is 5.75 Å². The van der Waals surface area contributed by atoms with Gasteiger partial charge in [-0.15, -0.1) is 0 Å². The van der Waals surface area contributed by atoms with Crippen molar-refractivity contribution in [3.05, 3.63) is 29.8 Å². The Hall–Kier alpha value is -2.04. The molecule has 1 aromatic carbocycles. The van der Waals surface area contributed by atoms with Gasteiger partial charge in [-0.3, -0.25) is 9.59 Å². The zero-order valence-electron chi connectivity index (χ0n) is 12.1. The molecule has 5 heteroatoms. The first-order valence-electron chi connectivity index (χ1n) is 6.64. The Kier molecular flexibility index (Phi) is 5.55. The first kappa shape index (κ1) is 16.0. The quantitative estimate of drug-likeness (QED) is 0.804. The van der Waals surface area contributed by atoms with Crippen LogP contribution >= 0.6 is 0 Å². The van der Waals surface area contributed by atoms with E-state index in [1.54, 1.807) is 24.3 Å². The van der Waals surface area contributed by atoms with Crippen LogP contribution in [0.4, 0.5) is 0 Å². The van der Waals surface area contributed by atoms with Gasteiger partial charge < -0.3 is 15.2 Å². The number of carboxylic acids is 1. The Bertz CT molecular complexity index is 481. The second-order valence-corrected chi connectivity index (χ2v) is 4.74. The largest absolute Gasteiger partial charge is 0.497 e. The van der Waals surface area contributed by atoms with E-state index in [1.807, 2.05) is 13.8 Å². The zero-order chi connectivity index (χ0) is 15.2. The van der Waals surface area contributed by atoms with Crippen molar-refractivity contribution < 1.29 is 19.4 Å². The average Bonchev–Trinajstić information content (AvgIpc) is 2.45. The molecule has 0 unspecified atom stereocenters. The Balaban J connectivity index is 2.92. The normalized spacial score (nSPS) is 10.9. The smallest absolute Gasteiger partial charge is 0.305 e. The van der Waals surface area contributed by atoms with Crippen molar-refractivity contribution in [3.63, 3.8) is 0 Å². The minimum Gasteiger partial charge on any atom is -0.497 e. The van der Waals surface area contributed by atoms with Gasteiger partial charge in [0.2, 0.25) is 0 Å². The number of amides is 1. The van der Waals surface area contributed by atoms with E-state index in [-0.39, 0.29) is 12.3 Å². The van der Waals surface area contributed by atoms with Crippen LogP contribution in [-0.2, 0) is 4.79 Å². The summed E-state index contributed by atoms with van der Waals surface area (Å²) in [5, 5.41) is 11.9. The lowest BCUT2D eigenvalue weighted by molar-refractivity contribution is -0.138. The Morgan fingerprint density at radius 3 is 2.45 bits per heavy atom. The number of carboxylic acid groups (broad SMARTS) is 1. The molecule has 1 rings (SSSR count). The SMILES string of the molecule is CCC(CC)(CC(=O)O)NC(=O)c1cccc(OC)c1. The number of rotatable bonds is 7. The van der Waals surface area contributed by atoms with Crippen LogP contribution in [0.5, 0.6) is 5.75 Å². The van der Waals surface area contributed by atoms with E-state index in [2.05, 4.69) is 5.32 Å². The molecule has 0 aliphatic heterocycles. The molecule has 0 saturated heterocycles. The molecule has 0 radical (unpaired) electrons. The predicted octanol–water partition coefficient (Wildman–Crippen LogP) is 2.46. The molecule has 1 aromatic rings. The highest BCUT2D eigenvalue weighted by Gasteiger charge is 2.31. The predicted molar refractivity (Wildman–Crippen MR) is 76.0 cm³/mol. The molecule has 0 atom stereocenters. The second-order valence-electron chi connectivity index (χ2n) is 4.74. The van der Waals surface area contributed by atoms with E-state index >= 15 is 0 Å². The maximum Gasteiger partial charge on any atom is 0.305 e. The molecule has 0 fully saturated rings. The van der Waals surface area contributed by atoms with Crippen LogP contribution in [0.15, 0.2) is 24.3 Å². The molecule has 0 bridgehead atoms. The second kappa shape index (κ2) is 6.93. The van der Waals surface area contributed by atoms with Gasteiger partial charge >= 0.3 is 5.97 Å². The fourth-order valence-electron chi connectivity index (χ4n) is 2.09. The molecule has 0 aliphatic carbocycles. The number of aliphatic carboxylic acids is 1. The van der Waals surface area contributed by atoms with Gasteiger partial charge in [0.25, 0.3) is 5.91 Å². The van der Waals surface area contributed by atoms with E-state index in [4.69, 9.17) is 9.84 Å². The summed E-state index contributed by atoms with van der Waals surface area (Å²) < 4.78 is 5.08. The fourth-order valence-corrected chi connectivity index (χ4v) is 2.09. The highest BCUT2D eigenvalue weighted by Crippen LogP contribution is 2.21. The number of nitrogens with one attached hydrogen (secondary N) is 1. The summed E-state index contributed by atoms with van der Waals surface area (Å²) in [5.41, 5.74) is -0.257. The summed E-state index contributed by atoms with van der Waals surface area (Å²) in [5.74, 6) is -0.608. The number of carbonyl (C=O) groups is 2. The first-order valence-corrected chi connectivity index (χ1v) is 6.64. The average molecular weight is 279 g/mol. The molecule has 2 N–H and O–H groups in total. The molecular formula is C15H21NO4. The van der Waals surface area contributed by atoms with Crippen molar-refractivity contribution in [1.29, 1.82) is 0 Å². The van der Waals surface area contributed by atoms with Gasteiger partial charge in [-0.25, -0.2) is 0 Å². The molecule has 110 valence electrons. The minimum atomic E-state index is -0.917. The topological polar surface area (TPSA) is 75.6 Å². The number of carbonyl (C=O) groups excluding carboxylic acids is 1. The summed E-state index contributed by atoms with van der Waals surface area (Å²) in [4.78, 5) is 23.2. The lowest BCUT2D eigenvalue weighted by Gasteiger charge is -2.31. The minimum absolute atomic E-state index is 0.0876. The number of hydrogen-bond donors (Lipinski definition) is 2. The highest BCUT2D eigenvalue weighted by molar-refractivity contribution is 5.95. The zero-order valence-corrected chi connectivity index (χ0v) is 12.1. The molecule has 0 aromatic heterocycles. The molecule has 20 heavy (non-hydrogen) atoms. The molecular weight excluding hydrogens is 258 g/mol. The van der Waals surface area contributed by atoms with Crippen molar-refractivity contribution in [2.24, 2.45) is 0 Å². The Labute approximate surface area is 118 Å². The van der Waals surface area contributed by atoms with E-state index in [9.17, 15) is 9.59 Å². The van der Waals surface area contributed by atoms with E-state index < -0.39 is 11.5 Å². The molecule has 0 saturated carbocycles. The van der Waals surface area contributed by atoms with E-state index in [0.29, 0.717) is 24.2 Å². The van der Waals surface area contributed by atoms with Gasteiger partial charge in [0.15, 0.2) is 0 Å². The van der Waals surface area contributed by atoms with Crippen molar-refractivity contribution >= 4 is 11.9 Å². The number of ether oxygens (including phenoxy) is 1. The Morgan fingerprint density at radius 1 is 1.30 bits per heavy atom. The Morgan fingerprint density at radius 2 is 1.95 bits per heavy atom. The summed E-state index contributed by atoms with van der Waals surface area (Å²) in [7, 11) is 1.53. The van der Waals surface area contributed by atoms with Crippen molar-refractivity contribution in [2.75, 3.05) is 7.11 Å². The van der Waals surface area contributed by atoms with Crippen LogP contribution in [0.3, 0.4) is 0 Å². The van der Waals surface area contributed by atoms with Crippen LogP contribution in [0.1, 0.15) is 43.5 Å². The lowest BCUT2D eigenvalue weighted by atomic mass is 9.88. The molecule has 5 nitrogen and oxygen atoms in total. The van der Waals surface area contributed by atoms with Gasteiger partial charge in [0, 0.05) is 5.56 Å². The lowest BCUT2D eigenvalue weighted by Crippen LogP contribution is -2.49. The third kappa shape index (κ3) is 3.98. The standard InChI is InChI=1S/C15H21NO4/c1-4-15(5-2,10-13(17)18)16-14(19)11-7-6-8-12(9-11)20-3/h6-9H,4-5,10H2,1-3H3,(H,16,19)(H,17,18). The number of benzene rings is 1. The maximum absolute atomic E-state index is 12.3. The van der Waals surface area contributed by atoms with Crippen molar-refractivity contribution in [1.82, 2.24) is 5.32 Å². The number of methoxy groups -OCH3 is 1. The molecule has 0 spiro atoms. The summed E-state index contributed by atoms with van der Waals surface area (Å²) in [6.45, 7) is 3.75. The van der Waals surface area contributed by atoms with Crippen molar-refractivity contribution in [2.45, 2.75) is 38.6 Å². The van der Waals surface area contributed by atoms with Gasteiger partial charge in [-0.05, 0) is 31.0 Å². The monoisotopic (exact) mass is 279 g/mol. The van der Waals surface area contributed by atoms with Crippen LogP contribution in [0.25, 0.3) is 0 Å². The third-order valence-corrected chi connectivity index (χ3v) is 3.55. The first-order chi connectivity index (χ1) is 9.46. The highest BCUT2D eigenvalue weighted by atomic mass is 16.5. The van der Waals surface area contributed by atoms with E-state index in [0.717, 1.165) is 0 Å². The summed E-state index contributed by atoms with van der Waals surface area (Å²) in [6.07, 6.45) is 1.03. The van der Waals surface area contributed by atoms with Gasteiger partial charge in [-0.2, -0.15) is 0 Å². The van der Waals surface area contributed by atoms with Gasteiger partial charge in [0.05, 0.1) is 19.1 Å². The molecule has 0 heterocycles. The number of hydrogen-bond acceptors (Lipinski definition) is 3.